The van der Waals surface area contributed by atoms with Crippen molar-refractivity contribution in [1.82, 2.24) is 9.29 Å². The molecule has 0 spiro atoms. The van der Waals surface area contributed by atoms with Gasteiger partial charge in [0.05, 0.1) is 36.6 Å². The van der Waals surface area contributed by atoms with Gasteiger partial charge in [-0.2, -0.15) is 4.31 Å². The van der Waals surface area contributed by atoms with Crippen LogP contribution in [0.4, 0.5) is 9.52 Å². The molecule has 1 fully saturated rings. The lowest BCUT2D eigenvalue weighted by atomic mass is 10.2. The molecule has 0 aliphatic carbocycles. The van der Waals surface area contributed by atoms with Crippen molar-refractivity contribution in [2.75, 3.05) is 51.5 Å². The highest BCUT2D eigenvalue weighted by molar-refractivity contribution is 7.89. The maximum Gasteiger partial charge on any atom is 0.260 e. The fraction of sp³-hybridized carbons (Fsp3) is 0.333. The molecule has 3 aromatic rings. The zero-order valence-corrected chi connectivity index (χ0v) is 19.0. The first-order valence-corrected chi connectivity index (χ1v) is 12.2. The first kappa shape index (κ1) is 22.7. The number of anilines is 1. The largest absolute Gasteiger partial charge is 0.383 e. The number of thiazole rings is 1. The Labute approximate surface area is 189 Å². The molecule has 0 unspecified atom stereocenters. The van der Waals surface area contributed by atoms with E-state index in [1.807, 2.05) is 24.3 Å². The molecule has 0 bridgehead atoms. The molecule has 1 aliphatic rings. The van der Waals surface area contributed by atoms with Gasteiger partial charge in [-0.1, -0.05) is 23.5 Å². The van der Waals surface area contributed by atoms with E-state index in [0.717, 1.165) is 22.3 Å². The number of benzene rings is 2. The number of carbonyl (C=O) groups is 1. The molecule has 32 heavy (non-hydrogen) atoms. The van der Waals surface area contributed by atoms with Crippen molar-refractivity contribution in [2.45, 2.75) is 4.90 Å². The fourth-order valence-corrected chi connectivity index (χ4v) is 5.85. The first-order chi connectivity index (χ1) is 15.4. The second-order valence-electron chi connectivity index (χ2n) is 7.08. The second kappa shape index (κ2) is 9.59. The molecule has 4 rings (SSSR count). The number of fused-ring (bicyclic) bond motifs is 1. The highest BCUT2D eigenvalue weighted by atomic mass is 32.2. The van der Waals surface area contributed by atoms with Crippen molar-refractivity contribution < 1.29 is 27.1 Å². The number of para-hydroxylation sites is 1. The lowest BCUT2D eigenvalue weighted by Crippen LogP contribution is -2.41. The summed E-state index contributed by atoms with van der Waals surface area (Å²) in [5.41, 5.74) is 0.797. The monoisotopic (exact) mass is 479 g/mol. The Bertz CT molecular complexity index is 1190. The standard InChI is InChI=1S/C21H22FN3O5S2/c1-29-11-10-25(21-23-17-4-2-3-5-18(17)31-21)20(26)15-6-7-16(22)19(14-15)32(27,28)24-8-12-30-13-9-24/h2-7,14H,8-13H2,1H3. The zero-order valence-electron chi connectivity index (χ0n) is 17.4. The Morgan fingerprint density at radius 1 is 1.25 bits per heavy atom. The smallest absolute Gasteiger partial charge is 0.260 e. The van der Waals surface area contributed by atoms with Crippen molar-refractivity contribution in [3.8, 4) is 0 Å². The molecule has 1 amide bonds. The summed E-state index contributed by atoms with van der Waals surface area (Å²) in [5.74, 6) is -1.39. The van der Waals surface area contributed by atoms with Gasteiger partial charge in [-0.15, -0.1) is 0 Å². The van der Waals surface area contributed by atoms with Crippen molar-refractivity contribution in [3.05, 3.63) is 53.8 Å². The van der Waals surface area contributed by atoms with E-state index in [9.17, 15) is 17.6 Å². The van der Waals surface area contributed by atoms with Crippen LogP contribution in [0.5, 0.6) is 0 Å². The molecule has 11 heteroatoms. The summed E-state index contributed by atoms with van der Waals surface area (Å²) in [6.45, 7) is 1.20. The van der Waals surface area contributed by atoms with Gasteiger partial charge in [0, 0.05) is 25.8 Å². The summed E-state index contributed by atoms with van der Waals surface area (Å²) in [5, 5.41) is 0.454. The Kier molecular flexibility index (Phi) is 6.82. The number of amides is 1. The Morgan fingerprint density at radius 3 is 2.72 bits per heavy atom. The van der Waals surface area contributed by atoms with Gasteiger partial charge >= 0.3 is 0 Å². The maximum atomic E-state index is 14.6. The van der Waals surface area contributed by atoms with Crippen LogP contribution in [0, 0.1) is 5.82 Å². The fourth-order valence-electron chi connectivity index (χ4n) is 3.36. The molecule has 0 N–H and O–H groups in total. The molecular formula is C21H22FN3O5S2. The molecule has 2 aromatic carbocycles. The van der Waals surface area contributed by atoms with Crippen LogP contribution in [-0.2, 0) is 19.5 Å². The minimum atomic E-state index is -4.11. The minimum absolute atomic E-state index is 0.0496. The van der Waals surface area contributed by atoms with Crippen LogP contribution in [-0.4, -0.2) is 70.2 Å². The molecule has 0 radical (unpaired) electrons. The number of hydrogen-bond acceptors (Lipinski definition) is 7. The van der Waals surface area contributed by atoms with E-state index in [2.05, 4.69) is 4.98 Å². The molecule has 1 aromatic heterocycles. The summed E-state index contributed by atoms with van der Waals surface area (Å²) in [6, 6.07) is 10.9. The van der Waals surface area contributed by atoms with Crippen LogP contribution in [0.1, 0.15) is 10.4 Å². The highest BCUT2D eigenvalue weighted by Gasteiger charge is 2.31. The highest BCUT2D eigenvalue weighted by Crippen LogP contribution is 2.30. The third-order valence-corrected chi connectivity index (χ3v) is 8.02. The normalized spacial score (nSPS) is 15.2. The van der Waals surface area contributed by atoms with Gasteiger partial charge < -0.3 is 9.47 Å². The van der Waals surface area contributed by atoms with Crippen LogP contribution in [0.15, 0.2) is 47.4 Å². The van der Waals surface area contributed by atoms with E-state index in [1.54, 1.807) is 0 Å². The van der Waals surface area contributed by atoms with Gasteiger partial charge in [0.2, 0.25) is 10.0 Å². The average molecular weight is 480 g/mol. The Balaban J connectivity index is 1.70. The predicted molar refractivity (Wildman–Crippen MR) is 119 cm³/mol. The average Bonchev–Trinajstić information content (AvgIpc) is 3.24. The van der Waals surface area contributed by atoms with E-state index in [4.69, 9.17) is 9.47 Å². The number of methoxy groups -OCH3 is 1. The summed E-state index contributed by atoms with van der Waals surface area (Å²) < 4.78 is 52.9. The van der Waals surface area contributed by atoms with Crippen molar-refractivity contribution in [1.29, 1.82) is 0 Å². The number of hydrogen-bond donors (Lipinski definition) is 0. The zero-order chi connectivity index (χ0) is 22.7. The maximum absolute atomic E-state index is 14.6. The summed E-state index contributed by atoms with van der Waals surface area (Å²) in [6.07, 6.45) is 0. The summed E-state index contributed by atoms with van der Waals surface area (Å²) >= 11 is 1.34. The Morgan fingerprint density at radius 2 is 2.00 bits per heavy atom. The topological polar surface area (TPSA) is 89.0 Å². The van der Waals surface area contributed by atoms with Gasteiger partial charge in [-0.25, -0.2) is 17.8 Å². The van der Waals surface area contributed by atoms with Crippen molar-refractivity contribution >= 4 is 42.6 Å². The van der Waals surface area contributed by atoms with E-state index in [0.29, 0.717) is 5.13 Å². The molecule has 1 saturated heterocycles. The van der Waals surface area contributed by atoms with Gasteiger partial charge in [0.15, 0.2) is 5.13 Å². The van der Waals surface area contributed by atoms with E-state index >= 15 is 0 Å². The number of ether oxygens (including phenoxy) is 2. The Hall–Kier alpha value is -2.44. The van der Waals surface area contributed by atoms with E-state index in [-0.39, 0.29) is 45.0 Å². The number of sulfonamides is 1. The second-order valence-corrected chi connectivity index (χ2v) is 9.99. The number of aromatic nitrogens is 1. The number of nitrogens with zero attached hydrogens (tertiary/aromatic N) is 3. The molecule has 170 valence electrons. The molecular weight excluding hydrogens is 457 g/mol. The van der Waals surface area contributed by atoms with E-state index in [1.165, 1.54) is 33.7 Å². The lowest BCUT2D eigenvalue weighted by molar-refractivity contribution is 0.0729. The van der Waals surface area contributed by atoms with Gasteiger partial charge in [0.1, 0.15) is 10.7 Å². The minimum Gasteiger partial charge on any atom is -0.383 e. The number of carbonyl (C=O) groups excluding carboxylic acids is 1. The molecule has 8 nitrogen and oxygen atoms in total. The lowest BCUT2D eigenvalue weighted by Gasteiger charge is -2.26. The van der Waals surface area contributed by atoms with Crippen LogP contribution in [0.2, 0.25) is 0 Å². The van der Waals surface area contributed by atoms with E-state index < -0.39 is 26.6 Å². The number of halogens is 1. The summed E-state index contributed by atoms with van der Waals surface area (Å²) in [4.78, 5) is 18.8. The quantitative estimate of drug-likeness (QED) is 0.518. The predicted octanol–water partition coefficient (Wildman–Crippen LogP) is 2.75. The third kappa shape index (κ3) is 4.52. The first-order valence-electron chi connectivity index (χ1n) is 9.95. The van der Waals surface area contributed by atoms with Crippen LogP contribution in [0.25, 0.3) is 10.2 Å². The SMILES string of the molecule is COCCN(C(=O)c1ccc(F)c(S(=O)(=O)N2CCOCC2)c1)c1nc2ccccc2s1. The van der Waals surface area contributed by atoms with Crippen molar-refractivity contribution in [3.63, 3.8) is 0 Å². The van der Waals surface area contributed by atoms with Gasteiger partial charge in [-0.3, -0.25) is 9.69 Å². The van der Waals surface area contributed by atoms with Crippen molar-refractivity contribution in [2.24, 2.45) is 0 Å². The molecule has 0 saturated carbocycles. The van der Waals surface area contributed by atoms with Gasteiger partial charge in [-0.05, 0) is 30.3 Å². The van der Waals surface area contributed by atoms with Crippen LogP contribution >= 0.6 is 11.3 Å². The molecule has 0 atom stereocenters. The van der Waals surface area contributed by atoms with Crippen LogP contribution < -0.4 is 4.90 Å². The number of morpholine rings is 1. The molecule has 1 aliphatic heterocycles. The third-order valence-electron chi connectivity index (χ3n) is 5.04. The van der Waals surface area contributed by atoms with Crippen LogP contribution in [0.3, 0.4) is 0 Å². The number of rotatable bonds is 7. The molecule has 2 heterocycles. The summed E-state index contributed by atoms with van der Waals surface area (Å²) in [7, 11) is -2.59. The van der Waals surface area contributed by atoms with Gasteiger partial charge in [0.25, 0.3) is 5.91 Å².